The Kier molecular flexibility index (Phi) is 7.20. The van der Waals surface area contributed by atoms with Crippen LogP contribution in [-0.4, -0.2) is 31.4 Å². The molecule has 1 amide bonds. The molecule has 0 bridgehead atoms. The van der Waals surface area contributed by atoms with E-state index in [4.69, 9.17) is 0 Å². The Labute approximate surface area is 200 Å². The van der Waals surface area contributed by atoms with Gasteiger partial charge in [0.25, 0.3) is 0 Å². The van der Waals surface area contributed by atoms with Crippen molar-refractivity contribution in [3.63, 3.8) is 0 Å². The second kappa shape index (κ2) is 10.3. The van der Waals surface area contributed by atoms with Crippen LogP contribution in [0.25, 0.3) is 11.3 Å². The molecule has 0 aliphatic rings. The maximum atomic E-state index is 13.3. The lowest BCUT2D eigenvalue weighted by molar-refractivity contribution is -0.116. The number of hydrogen-bond donors (Lipinski definition) is 0. The van der Waals surface area contributed by atoms with Gasteiger partial charge in [0.2, 0.25) is 5.91 Å². The molecule has 0 atom stereocenters. The van der Waals surface area contributed by atoms with Crippen LogP contribution < -0.4 is 4.90 Å². The molecule has 33 heavy (non-hydrogen) atoms. The summed E-state index contributed by atoms with van der Waals surface area (Å²) in [7, 11) is 1.92. The predicted molar refractivity (Wildman–Crippen MR) is 131 cm³/mol. The van der Waals surface area contributed by atoms with E-state index in [2.05, 4.69) is 29.0 Å². The van der Waals surface area contributed by atoms with E-state index in [-0.39, 0.29) is 23.4 Å². The van der Waals surface area contributed by atoms with Crippen molar-refractivity contribution in [2.75, 3.05) is 10.7 Å². The fourth-order valence-electron chi connectivity index (χ4n) is 3.33. The number of hydrogen-bond acceptors (Lipinski definition) is 6. The van der Waals surface area contributed by atoms with E-state index in [0.29, 0.717) is 22.5 Å². The molecule has 0 fully saturated rings. The van der Waals surface area contributed by atoms with E-state index >= 15 is 0 Å². The van der Waals surface area contributed by atoms with Crippen LogP contribution in [0.2, 0.25) is 0 Å². The molecule has 9 heteroatoms. The van der Waals surface area contributed by atoms with Crippen LogP contribution in [0.3, 0.4) is 0 Å². The Hall–Kier alpha value is -3.04. The third kappa shape index (κ3) is 5.48. The minimum Gasteiger partial charge on any atom is -0.309 e. The summed E-state index contributed by atoms with van der Waals surface area (Å²) >= 11 is 2.76. The summed E-state index contributed by atoms with van der Waals surface area (Å²) < 4.78 is 15.2. The molecule has 2 aromatic heterocycles. The van der Waals surface area contributed by atoms with Crippen LogP contribution in [0.15, 0.2) is 65.1 Å². The molecule has 0 N–H and O–H groups in total. The molecule has 4 aromatic rings. The van der Waals surface area contributed by atoms with E-state index in [1.807, 2.05) is 47.3 Å². The Morgan fingerprint density at radius 1 is 1.12 bits per heavy atom. The van der Waals surface area contributed by atoms with E-state index in [1.165, 1.54) is 35.2 Å². The molecule has 0 aliphatic carbocycles. The zero-order valence-corrected chi connectivity index (χ0v) is 20.2. The molecule has 2 aromatic carbocycles. The van der Waals surface area contributed by atoms with E-state index in [9.17, 15) is 9.18 Å². The smallest absolute Gasteiger partial charge is 0.239 e. The van der Waals surface area contributed by atoms with Crippen LogP contribution in [0.1, 0.15) is 31.2 Å². The van der Waals surface area contributed by atoms with Crippen molar-refractivity contribution in [3.05, 3.63) is 77.2 Å². The molecular weight excluding hydrogens is 457 g/mol. The summed E-state index contributed by atoms with van der Waals surface area (Å²) in [6.07, 6.45) is 0. The zero-order chi connectivity index (χ0) is 23.4. The summed E-state index contributed by atoms with van der Waals surface area (Å²) in [5.74, 6) is 0.981. The Balaban J connectivity index is 1.56. The topological polar surface area (TPSA) is 63.9 Å². The SMILES string of the molecule is CC(C)c1nnc(SCC(=O)N(Cc2ccccc2)c2nc(-c3ccc(F)cc3)cs2)n1C. The average Bonchev–Trinajstić information content (AvgIpc) is 3.44. The summed E-state index contributed by atoms with van der Waals surface area (Å²) in [6.45, 7) is 4.53. The second-order valence-corrected chi connectivity index (χ2v) is 9.61. The van der Waals surface area contributed by atoms with Gasteiger partial charge in [-0.2, -0.15) is 0 Å². The molecule has 4 rings (SSSR count). The van der Waals surface area contributed by atoms with Crippen molar-refractivity contribution in [2.45, 2.75) is 31.5 Å². The third-order valence-corrected chi connectivity index (χ3v) is 6.93. The van der Waals surface area contributed by atoms with Crippen LogP contribution >= 0.6 is 23.1 Å². The number of thiazole rings is 1. The van der Waals surface area contributed by atoms with Crippen molar-refractivity contribution in [2.24, 2.45) is 7.05 Å². The summed E-state index contributed by atoms with van der Waals surface area (Å²) in [6, 6.07) is 16.0. The lowest BCUT2D eigenvalue weighted by Crippen LogP contribution is -2.32. The van der Waals surface area contributed by atoms with Crippen molar-refractivity contribution in [3.8, 4) is 11.3 Å². The second-order valence-electron chi connectivity index (χ2n) is 7.83. The number of halogens is 1. The lowest BCUT2D eigenvalue weighted by atomic mass is 10.2. The molecule has 0 aliphatic heterocycles. The lowest BCUT2D eigenvalue weighted by Gasteiger charge is -2.20. The Morgan fingerprint density at radius 3 is 2.52 bits per heavy atom. The van der Waals surface area contributed by atoms with Crippen LogP contribution in [0.5, 0.6) is 0 Å². The van der Waals surface area contributed by atoms with E-state index in [0.717, 1.165) is 17.0 Å². The third-order valence-electron chi connectivity index (χ3n) is 5.06. The molecule has 0 unspecified atom stereocenters. The zero-order valence-electron chi connectivity index (χ0n) is 18.6. The maximum absolute atomic E-state index is 13.3. The van der Waals surface area contributed by atoms with Crippen molar-refractivity contribution >= 4 is 34.1 Å². The number of aromatic nitrogens is 4. The fourth-order valence-corrected chi connectivity index (χ4v) is 4.97. The highest BCUT2D eigenvalue weighted by Gasteiger charge is 2.22. The van der Waals surface area contributed by atoms with E-state index in [1.54, 1.807) is 17.0 Å². The van der Waals surface area contributed by atoms with Gasteiger partial charge in [0, 0.05) is 23.9 Å². The van der Waals surface area contributed by atoms with Gasteiger partial charge in [-0.25, -0.2) is 9.37 Å². The maximum Gasteiger partial charge on any atom is 0.239 e. The summed E-state index contributed by atoms with van der Waals surface area (Å²) in [4.78, 5) is 19.7. The minimum absolute atomic E-state index is 0.0713. The van der Waals surface area contributed by atoms with Crippen molar-refractivity contribution in [1.29, 1.82) is 0 Å². The Bertz CT molecular complexity index is 1220. The van der Waals surface area contributed by atoms with E-state index < -0.39 is 0 Å². The number of carbonyl (C=O) groups is 1. The number of carbonyl (C=O) groups excluding carboxylic acids is 1. The van der Waals surface area contributed by atoms with Gasteiger partial charge in [-0.1, -0.05) is 55.9 Å². The molecular formula is C24H24FN5OS2. The van der Waals surface area contributed by atoms with Gasteiger partial charge in [-0.3, -0.25) is 9.69 Å². The number of benzene rings is 2. The van der Waals surface area contributed by atoms with Gasteiger partial charge in [0.1, 0.15) is 11.6 Å². The van der Waals surface area contributed by atoms with Crippen LogP contribution in [0, 0.1) is 5.82 Å². The predicted octanol–water partition coefficient (Wildman–Crippen LogP) is 5.53. The molecule has 0 spiro atoms. The first-order valence-corrected chi connectivity index (χ1v) is 12.4. The highest BCUT2D eigenvalue weighted by molar-refractivity contribution is 7.99. The highest BCUT2D eigenvalue weighted by Crippen LogP contribution is 2.30. The summed E-state index contributed by atoms with van der Waals surface area (Å²) in [5.41, 5.74) is 2.53. The first-order valence-electron chi connectivity index (χ1n) is 10.5. The first-order chi connectivity index (χ1) is 15.9. The monoisotopic (exact) mass is 481 g/mol. The van der Waals surface area contributed by atoms with Gasteiger partial charge in [0.15, 0.2) is 10.3 Å². The average molecular weight is 482 g/mol. The fraction of sp³-hybridized carbons (Fsp3) is 0.250. The van der Waals surface area contributed by atoms with Gasteiger partial charge in [0.05, 0.1) is 18.0 Å². The first kappa shape index (κ1) is 23.1. The highest BCUT2D eigenvalue weighted by atomic mass is 32.2. The molecule has 170 valence electrons. The molecule has 0 saturated heterocycles. The number of anilines is 1. The van der Waals surface area contributed by atoms with Gasteiger partial charge >= 0.3 is 0 Å². The van der Waals surface area contributed by atoms with Gasteiger partial charge in [-0.15, -0.1) is 21.5 Å². The molecule has 0 radical (unpaired) electrons. The van der Waals surface area contributed by atoms with Crippen molar-refractivity contribution in [1.82, 2.24) is 19.7 Å². The number of thioether (sulfide) groups is 1. The van der Waals surface area contributed by atoms with Crippen LogP contribution in [-0.2, 0) is 18.4 Å². The Morgan fingerprint density at radius 2 is 1.85 bits per heavy atom. The number of amides is 1. The number of rotatable bonds is 8. The van der Waals surface area contributed by atoms with Crippen molar-refractivity contribution < 1.29 is 9.18 Å². The molecule has 6 nitrogen and oxygen atoms in total. The quantitative estimate of drug-likeness (QED) is 0.310. The largest absolute Gasteiger partial charge is 0.309 e. The minimum atomic E-state index is -0.295. The van der Waals surface area contributed by atoms with Gasteiger partial charge < -0.3 is 4.57 Å². The molecule has 2 heterocycles. The standard InChI is InChI=1S/C24H24FN5OS2/c1-16(2)22-27-28-24(29(22)3)33-15-21(31)30(13-17-7-5-4-6-8-17)23-26-20(14-32-23)18-9-11-19(25)12-10-18/h4-12,14,16H,13,15H2,1-3H3. The molecule has 0 saturated carbocycles. The van der Waals surface area contributed by atoms with Crippen LogP contribution in [0.4, 0.5) is 9.52 Å². The normalized spacial score (nSPS) is 11.2. The summed E-state index contributed by atoms with van der Waals surface area (Å²) in [5, 5.41) is 11.7. The number of nitrogens with zero attached hydrogens (tertiary/aromatic N) is 5. The van der Waals surface area contributed by atoms with Gasteiger partial charge in [-0.05, 0) is 29.8 Å².